The van der Waals surface area contributed by atoms with Gasteiger partial charge in [0.25, 0.3) is 17.1 Å². The number of nitrogens with zero attached hydrogens (tertiary/aromatic N) is 1. The van der Waals surface area contributed by atoms with Crippen molar-refractivity contribution < 1.29 is 33.0 Å². The molecule has 1 fully saturated rings. The van der Waals surface area contributed by atoms with Crippen LogP contribution in [0.4, 0.5) is 9.18 Å². The Kier molecular flexibility index (Phi) is 6.08. The second-order valence-electron chi connectivity index (χ2n) is 6.52. The van der Waals surface area contributed by atoms with Crippen LogP contribution >= 0.6 is 11.8 Å². The fraction of sp³-hybridized carbons (Fsp3) is 0.190. The molecule has 0 saturated carbocycles. The van der Waals surface area contributed by atoms with E-state index in [0.29, 0.717) is 17.1 Å². The highest BCUT2D eigenvalue weighted by atomic mass is 32.2. The summed E-state index contributed by atoms with van der Waals surface area (Å²) >= 11 is 0.825. The molecule has 2 aromatic carbocycles. The lowest BCUT2D eigenvalue weighted by Gasteiger charge is -2.13. The molecule has 1 saturated heterocycles. The molecule has 2 heterocycles. The molecule has 10 heteroatoms. The van der Waals surface area contributed by atoms with Crippen molar-refractivity contribution in [2.45, 2.75) is 0 Å². The molecule has 2 aromatic rings. The van der Waals surface area contributed by atoms with Gasteiger partial charge in [0.1, 0.15) is 0 Å². The van der Waals surface area contributed by atoms with Gasteiger partial charge in [0.15, 0.2) is 29.7 Å². The molecule has 0 atom stereocenters. The van der Waals surface area contributed by atoms with E-state index in [2.05, 4.69) is 5.32 Å². The largest absolute Gasteiger partial charge is 0.481 e. The third kappa shape index (κ3) is 4.80. The number of fused-ring (bicyclic) bond motifs is 1. The Morgan fingerprint density at radius 1 is 1.19 bits per heavy atom. The molecular weight excluding hydrogens is 427 g/mol. The van der Waals surface area contributed by atoms with Gasteiger partial charge in [0.05, 0.1) is 4.91 Å². The Balaban J connectivity index is 1.28. The number of ether oxygens (including phenoxy) is 3. The lowest BCUT2D eigenvalue weighted by molar-refractivity contribution is -0.125. The Labute approximate surface area is 180 Å². The van der Waals surface area contributed by atoms with Crippen LogP contribution in [0.2, 0.25) is 0 Å². The normalized spacial score (nSPS) is 16.2. The molecule has 1 N–H and O–H groups in total. The monoisotopic (exact) mass is 444 g/mol. The number of imide groups is 1. The summed E-state index contributed by atoms with van der Waals surface area (Å²) in [6.07, 6.45) is 1.60. The van der Waals surface area contributed by atoms with E-state index in [1.54, 1.807) is 30.3 Å². The van der Waals surface area contributed by atoms with Gasteiger partial charge in [-0.3, -0.25) is 19.3 Å². The van der Waals surface area contributed by atoms with Crippen LogP contribution in [-0.2, 0) is 9.59 Å². The van der Waals surface area contributed by atoms with Crippen molar-refractivity contribution in [2.24, 2.45) is 0 Å². The minimum absolute atomic E-state index is 0.00852. The van der Waals surface area contributed by atoms with E-state index in [0.717, 1.165) is 16.7 Å². The fourth-order valence-electron chi connectivity index (χ4n) is 2.91. The first-order valence-electron chi connectivity index (χ1n) is 9.30. The number of para-hydroxylation sites is 1. The van der Waals surface area contributed by atoms with Gasteiger partial charge < -0.3 is 19.5 Å². The summed E-state index contributed by atoms with van der Waals surface area (Å²) in [6, 6.07) is 11.0. The number of benzene rings is 2. The van der Waals surface area contributed by atoms with Gasteiger partial charge in [-0.15, -0.1) is 0 Å². The highest BCUT2D eigenvalue weighted by Gasteiger charge is 2.34. The fourth-order valence-corrected chi connectivity index (χ4v) is 3.78. The maximum absolute atomic E-state index is 13.5. The third-order valence-electron chi connectivity index (χ3n) is 4.42. The highest BCUT2D eigenvalue weighted by Crippen LogP contribution is 2.36. The number of hydrogen-bond donors (Lipinski definition) is 1. The van der Waals surface area contributed by atoms with Gasteiger partial charge in [-0.1, -0.05) is 18.2 Å². The molecule has 160 valence electrons. The first-order chi connectivity index (χ1) is 15.0. The van der Waals surface area contributed by atoms with Crippen molar-refractivity contribution in [2.75, 3.05) is 26.5 Å². The Hall–Kier alpha value is -3.53. The van der Waals surface area contributed by atoms with Crippen molar-refractivity contribution in [1.29, 1.82) is 0 Å². The van der Waals surface area contributed by atoms with Gasteiger partial charge in [-0.25, -0.2) is 4.39 Å². The quantitative estimate of drug-likeness (QED) is 0.657. The van der Waals surface area contributed by atoms with Crippen LogP contribution in [0.15, 0.2) is 47.4 Å². The number of nitrogens with one attached hydrogen (secondary N) is 1. The number of carbonyl (C=O) groups is 3. The molecule has 2 aliphatic heterocycles. The molecule has 2 aliphatic rings. The van der Waals surface area contributed by atoms with Crippen LogP contribution in [0.3, 0.4) is 0 Å². The van der Waals surface area contributed by atoms with Gasteiger partial charge in [-0.05, 0) is 47.7 Å². The van der Waals surface area contributed by atoms with Crippen LogP contribution < -0.4 is 19.5 Å². The third-order valence-corrected chi connectivity index (χ3v) is 5.33. The van der Waals surface area contributed by atoms with E-state index in [1.165, 1.54) is 18.2 Å². The molecule has 3 amide bonds. The number of thioether (sulfide) groups is 1. The molecule has 0 spiro atoms. The lowest BCUT2D eigenvalue weighted by Crippen LogP contribution is -2.38. The van der Waals surface area contributed by atoms with Gasteiger partial charge in [0.2, 0.25) is 6.79 Å². The van der Waals surface area contributed by atoms with E-state index in [4.69, 9.17) is 14.2 Å². The average molecular weight is 444 g/mol. The molecule has 0 radical (unpaired) electrons. The molecule has 31 heavy (non-hydrogen) atoms. The second-order valence-corrected chi connectivity index (χ2v) is 7.51. The van der Waals surface area contributed by atoms with E-state index < -0.39 is 22.9 Å². The summed E-state index contributed by atoms with van der Waals surface area (Å²) in [7, 11) is 0. The minimum Gasteiger partial charge on any atom is -0.481 e. The zero-order chi connectivity index (χ0) is 21.8. The number of carbonyl (C=O) groups excluding carboxylic acids is 3. The minimum atomic E-state index is -0.567. The average Bonchev–Trinajstić information content (AvgIpc) is 3.32. The van der Waals surface area contributed by atoms with Crippen LogP contribution in [0.5, 0.6) is 17.2 Å². The smallest absolute Gasteiger partial charge is 0.293 e. The molecule has 0 bridgehead atoms. The predicted octanol–water partition coefficient (Wildman–Crippen LogP) is 2.79. The predicted molar refractivity (Wildman–Crippen MR) is 110 cm³/mol. The zero-order valence-electron chi connectivity index (χ0n) is 16.1. The van der Waals surface area contributed by atoms with Crippen molar-refractivity contribution >= 4 is 34.9 Å². The topological polar surface area (TPSA) is 94.2 Å². The summed E-state index contributed by atoms with van der Waals surface area (Å²) in [4.78, 5) is 38.0. The van der Waals surface area contributed by atoms with Gasteiger partial charge in [0, 0.05) is 13.1 Å². The molecular formula is C21H17FN2O6S. The number of halogens is 1. The molecule has 0 aromatic heterocycles. The maximum atomic E-state index is 13.5. The molecule has 0 unspecified atom stereocenters. The Morgan fingerprint density at radius 3 is 2.84 bits per heavy atom. The summed E-state index contributed by atoms with van der Waals surface area (Å²) in [5, 5.41) is 2.12. The van der Waals surface area contributed by atoms with Crippen LogP contribution in [0.25, 0.3) is 6.08 Å². The van der Waals surface area contributed by atoms with Crippen molar-refractivity contribution in [3.05, 3.63) is 58.8 Å². The number of rotatable bonds is 7. The van der Waals surface area contributed by atoms with Gasteiger partial charge >= 0.3 is 0 Å². The Bertz CT molecular complexity index is 1070. The summed E-state index contributed by atoms with van der Waals surface area (Å²) < 4.78 is 29.2. The van der Waals surface area contributed by atoms with E-state index in [1.807, 2.05) is 0 Å². The highest BCUT2D eigenvalue weighted by molar-refractivity contribution is 8.18. The van der Waals surface area contributed by atoms with Crippen molar-refractivity contribution in [3.8, 4) is 17.2 Å². The van der Waals surface area contributed by atoms with E-state index in [9.17, 15) is 18.8 Å². The van der Waals surface area contributed by atoms with Crippen molar-refractivity contribution in [3.63, 3.8) is 0 Å². The molecule has 8 nitrogen and oxygen atoms in total. The Morgan fingerprint density at radius 2 is 2.00 bits per heavy atom. The maximum Gasteiger partial charge on any atom is 0.293 e. The van der Waals surface area contributed by atoms with Crippen LogP contribution in [0, 0.1) is 5.82 Å². The molecule has 0 aliphatic carbocycles. The van der Waals surface area contributed by atoms with Crippen LogP contribution in [0.1, 0.15) is 5.56 Å². The van der Waals surface area contributed by atoms with Crippen LogP contribution in [-0.4, -0.2) is 48.4 Å². The number of hydrogen-bond acceptors (Lipinski definition) is 7. The first-order valence-corrected chi connectivity index (χ1v) is 10.1. The van der Waals surface area contributed by atoms with E-state index in [-0.39, 0.29) is 37.1 Å². The SMILES string of the molecule is O=C(COc1ccccc1F)NCCN1C(=O)S/C(=C/c2ccc3c(c2)OCO3)C1=O. The van der Waals surface area contributed by atoms with Crippen molar-refractivity contribution in [1.82, 2.24) is 10.2 Å². The second kappa shape index (κ2) is 9.09. The lowest BCUT2D eigenvalue weighted by atomic mass is 10.2. The summed E-state index contributed by atoms with van der Waals surface area (Å²) in [5.41, 5.74) is 0.702. The van der Waals surface area contributed by atoms with Gasteiger partial charge in [-0.2, -0.15) is 0 Å². The number of amides is 3. The summed E-state index contributed by atoms with van der Waals surface area (Å²) in [6.45, 7) is -0.178. The summed E-state index contributed by atoms with van der Waals surface area (Å²) in [5.74, 6) is -0.330. The van der Waals surface area contributed by atoms with E-state index >= 15 is 0 Å². The first kappa shape index (κ1) is 20.7. The molecule has 4 rings (SSSR count). The standard InChI is InChI=1S/C21H17FN2O6S/c22-14-3-1-2-4-15(14)28-11-19(25)23-7-8-24-20(26)18(31-21(24)27)10-13-5-6-16-17(9-13)30-12-29-16/h1-6,9-10H,7-8,11-12H2,(H,23,25)/b18-10+. The zero-order valence-corrected chi connectivity index (χ0v) is 16.9.